The van der Waals surface area contributed by atoms with Gasteiger partial charge in [0.05, 0.1) is 0 Å². The number of piperidine rings is 1. The average Bonchev–Trinajstić information content (AvgIpc) is 3.27. The second-order valence-electron chi connectivity index (χ2n) is 9.06. The van der Waals surface area contributed by atoms with Crippen LogP contribution in [0.1, 0.15) is 62.5 Å². The van der Waals surface area contributed by atoms with Crippen molar-refractivity contribution in [2.24, 2.45) is 5.92 Å². The lowest BCUT2D eigenvalue weighted by Gasteiger charge is -2.38. The second-order valence-corrected chi connectivity index (χ2v) is 9.06. The zero-order valence-electron chi connectivity index (χ0n) is 18.5. The van der Waals surface area contributed by atoms with Crippen LogP contribution in [0.2, 0.25) is 0 Å². The first-order valence-electron chi connectivity index (χ1n) is 11.8. The molecule has 0 bridgehead atoms. The minimum Gasteiger partial charge on any atom is -0.340 e. The van der Waals surface area contributed by atoms with E-state index in [1.54, 1.807) is 0 Å². The van der Waals surface area contributed by atoms with Gasteiger partial charge >= 0.3 is 0 Å². The molecule has 2 aliphatic rings. The molecule has 0 aromatic heterocycles. The van der Waals surface area contributed by atoms with E-state index >= 15 is 0 Å². The van der Waals surface area contributed by atoms with E-state index in [9.17, 15) is 4.79 Å². The molecule has 2 saturated heterocycles. The first-order chi connectivity index (χ1) is 14.7. The van der Waals surface area contributed by atoms with Crippen molar-refractivity contribution in [2.75, 3.05) is 26.2 Å². The molecular weight excluding hydrogens is 368 g/mol. The Kier molecular flexibility index (Phi) is 6.89. The Hall–Kier alpha value is -2.13. The zero-order chi connectivity index (χ0) is 20.9. The summed E-state index contributed by atoms with van der Waals surface area (Å²) in [5, 5.41) is 0. The predicted octanol–water partition coefficient (Wildman–Crippen LogP) is 5.30. The van der Waals surface area contributed by atoms with Crippen LogP contribution >= 0.6 is 0 Å². The fourth-order valence-electron chi connectivity index (χ4n) is 5.55. The van der Waals surface area contributed by atoms with Gasteiger partial charge in [-0.15, -0.1) is 0 Å². The topological polar surface area (TPSA) is 23.6 Å². The molecule has 0 N–H and O–H groups in total. The Labute approximate surface area is 182 Å². The van der Waals surface area contributed by atoms with Gasteiger partial charge in [-0.25, -0.2) is 0 Å². The highest BCUT2D eigenvalue weighted by Crippen LogP contribution is 2.36. The Morgan fingerprint density at radius 1 is 0.867 bits per heavy atom. The van der Waals surface area contributed by atoms with Gasteiger partial charge < -0.3 is 4.90 Å². The van der Waals surface area contributed by atoms with E-state index in [1.807, 2.05) is 0 Å². The quantitative estimate of drug-likeness (QED) is 0.652. The molecule has 160 valence electrons. The number of amides is 1. The summed E-state index contributed by atoms with van der Waals surface area (Å²) in [6.45, 7) is 8.28. The van der Waals surface area contributed by atoms with Crippen LogP contribution in [-0.4, -0.2) is 47.9 Å². The fourth-order valence-corrected chi connectivity index (χ4v) is 5.55. The van der Waals surface area contributed by atoms with E-state index < -0.39 is 0 Å². The molecule has 2 atom stereocenters. The van der Waals surface area contributed by atoms with Crippen molar-refractivity contribution in [1.82, 2.24) is 9.80 Å². The Morgan fingerprint density at radius 2 is 1.43 bits per heavy atom. The summed E-state index contributed by atoms with van der Waals surface area (Å²) in [5.74, 6) is 1.62. The number of carbonyl (C=O) groups excluding carboxylic acids is 1. The largest absolute Gasteiger partial charge is 0.340 e. The molecule has 3 heteroatoms. The highest BCUT2D eigenvalue weighted by atomic mass is 16.2. The molecule has 3 nitrogen and oxygen atoms in total. The summed E-state index contributed by atoms with van der Waals surface area (Å²) in [6.07, 6.45) is 4.30. The first-order valence-corrected chi connectivity index (χ1v) is 11.8. The molecule has 2 aliphatic heterocycles. The molecule has 2 aromatic rings. The normalized spacial score (nSPS) is 23.2. The molecule has 2 fully saturated rings. The van der Waals surface area contributed by atoms with Crippen LogP contribution in [0, 0.1) is 5.92 Å². The molecule has 0 spiro atoms. The molecule has 0 radical (unpaired) electrons. The maximum atomic E-state index is 13.2. The summed E-state index contributed by atoms with van der Waals surface area (Å²) in [5.41, 5.74) is 2.86. The molecule has 1 amide bonds. The SMILES string of the molecule is CCC(CC)C(=O)N1C[C@H](c2ccccc2)[C@@H](N2CCC(c3ccccc3)CC2)C1. The van der Waals surface area contributed by atoms with Crippen LogP contribution in [0.3, 0.4) is 0 Å². The van der Waals surface area contributed by atoms with Gasteiger partial charge in [0.25, 0.3) is 0 Å². The van der Waals surface area contributed by atoms with E-state index in [4.69, 9.17) is 0 Å². The van der Waals surface area contributed by atoms with Gasteiger partial charge in [-0.3, -0.25) is 9.69 Å². The minimum absolute atomic E-state index is 0.170. The third kappa shape index (κ3) is 4.46. The summed E-state index contributed by atoms with van der Waals surface area (Å²) >= 11 is 0. The monoisotopic (exact) mass is 404 g/mol. The van der Waals surface area contributed by atoms with Crippen LogP contribution in [0.5, 0.6) is 0 Å². The van der Waals surface area contributed by atoms with E-state index in [2.05, 4.69) is 84.3 Å². The van der Waals surface area contributed by atoms with Crippen molar-refractivity contribution in [3.05, 3.63) is 71.8 Å². The van der Waals surface area contributed by atoms with Gasteiger partial charge in [-0.05, 0) is 55.8 Å². The Morgan fingerprint density at radius 3 is 2.00 bits per heavy atom. The van der Waals surface area contributed by atoms with Crippen molar-refractivity contribution in [3.63, 3.8) is 0 Å². The number of hydrogen-bond donors (Lipinski definition) is 0. The number of carbonyl (C=O) groups is 1. The molecule has 2 aromatic carbocycles. The Bertz CT molecular complexity index is 794. The third-order valence-corrected chi connectivity index (χ3v) is 7.43. The number of hydrogen-bond acceptors (Lipinski definition) is 2. The molecule has 0 saturated carbocycles. The van der Waals surface area contributed by atoms with Gasteiger partial charge in [-0.1, -0.05) is 74.5 Å². The number of likely N-dealkylation sites (tertiary alicyclic amines) is 2. The van der Waals surface area contributed by atoms with E-state index in [0.717, 1.165) is 39.0 Å². The second kappa shape index (κ2) is 9.78. The van der Waals surface area contributed by atoms with Crippen LogP contribution in [0.4, 0.5) is 0 Å². The average molecular weight is 405 g/mol. The molecule has 0 unspecified atom stereocenters. The van der Waals surface area contributed by atoms with Crippen LogP contribution in [0.15, 0.2) is 60.7 Å². The first kappa shape index (κ1) is 21.1. The van der Waals surface area contributed by atoms with Gasteiger partial charge in [0.15, 0.2) is 0 Å². The summed E-state index contributed by atoms with van der Waals surface area (Å²) in [7, 11) is 0. The predicted molar refractivity (Wildman–Crippen MR) is 124 cm³/mol. The van der Waals surface area contributed by atoms with E-state index in [-0.39, 0.29) is 5.92 Å². The maximum Gasteiger partial charge on any atom is 0.225 e. The van der Waals surface area contributed by atoms with Crippen molar-refractivity contribution in [3.8, 4) is 0 Å². The van der Waals surface area contributed by atoms with Crippen LogP contribution in [0.25, 0.3) is 0 Å². The fraction of sp³-hybridized carbons (Fsp3) is 0.519. The highest BCUT2D eigenvalue weighted by Gasteiger charge is 2.41. The summed E-state index contributed by atoms with van der Waals surface area (Å²) in [6, 6.07) is 22.3. The Balaban J connectivity index is 1.49. The third-order valence-electron chi connectivity index (χ3n) is 7.43. The summed E-state index contributed by atoms with van der Waals surface area (Å²) in [4.78, 5) is 18.0. The lowest BCUT2D eigenvalue weighted by atomic mass is 9.87. The number of nitrogens with zero attached hydrogens (tertiary/aromatic N) is 2. The van der Waals surface area contributed by atoms with Gasteiger partial charge in [-0.2, -0.15) is 0 Å². The van der Waals surface area contributed by atoms with Crippen molar-refractivity contribution in [2.45, 2.75) is 57.4 Å². The lowest BCUT2D eigenvalue weighted by Crippen LogP contribution is -2.45. The molecule has 2 heterocycles. The van der Waals surface area contributed by atoms with Crippen molar-refractivity contribution in [1.29, 1.82) is 0 Å². The molecule has 30 heavy (non-hydrogen) atoms. The smallest absolute Gasteiger partial charge is 0.225 e. The highest BCUT2D eigenvalue weighted by molar-refractivity contribution is 5.79. The van der Waals surface area contributed by atoms with Gasteiger partial charge in [0.1, 0.15) is 0 Å². The standard InChI is InChI=1S/C27H36N2O/c1-3-21(4-2)27(30)29-19-25(24-13-9-6-10-14-24)26(20-29)28-17-15-23(16-18-28)22-11-7-5-8-12-22/h5-14,21,23,25-26H,3-4,15-20H2,1-2H3/t25-,26+/m1/s1. The van der Waals surface area contributed by atoms with Crippen LogP contribution in [-0.2, 0) is 4.79 Å². The summed E-state index contributed by atoms with van der Waals surface area (Å²) < 4.78 is 0. The van der Waals surface area contributed by atoms with Crippen molar-refractivity contribution < 1.29 is 4.79 Å². The van der Waals surface area contributed by atoms with Crippen molar-refractivity contribution >= 4 is 5.91 Å². The molecule has 4 rings (SSSR count). The van der Waals surface area contributed by atoms with Gasteiger partial charge in [0, 0.05) is 31.0 Å². The van der Waals surface area contributed by atoms with E-state index in [1.165, 1.54) is 24.0 Å². The lowest BCUT2D eigenvalue weighted by molar-refractivity contribution is -0.134. The minimum atomic E-state index is 0.170. The molecular formula is C27H36N2O. The van der Waals surface area contributed by atoms with Gasteiger partial charge in [0.2, 0.25) is 5.91 Å². The zero-order valence-corrected chi connectivity index (χ0v) is 18.5. The van der Waals surface area contributed by atoms with E-state index in [0.29, 0.717) is 23.8 Å². The molecule has 0 aliphatic carbocycles. The van der Waals surface area contributed by atoms with Crippen LogP contribution < -0.4 is 0 Å². The maximum absolute atomic E-state index is 13.2. The number of benzene rings is 2. The number of rotatable bonds is 6.